The van der Waals surface area contributed by atoms with Crippen molar-refractivity contribution in [2.24, 2.45) is 0 Å². The molecule has 0 fully saturated rings. The first kappa shape index (κ1) is 19.3. The summed E-state index contributed by atoms with van der Waals surface area (Å²) in [6.45, 7) is -0.0734. The zero-order chi connectivity index (χ0) is 20.9. The van der Waals surface area contributed by atoms with Crippen molar-refractivity contribution >= 4 is 11.9 Å². The second-order valence-electron chi connectivity index (χ2n) is 6.69. The van der Waals surface area contributed by atoms with E-state index in [0.717, 1.165) is 11.1 Å². The van der Waals surface area contributed by atoms with Crippen LogP contribution in [-0.4, -0.2) is 19.5 Å². The number of rotatable bonds is 5. The molecule has 0 saturated carbocycles. The highest BCUT2D eigenvalue weighted by molar-refractivity contribution is 6.14. The lowest BCUT2D eigenvalue weighted by atomic mass is 9.89. The Balaban J connectivity index is 1.79. The molecule has 0 amide bonds. The van der Waals surface area contributed by atoms with Gasteiger partial charge in [0.2, 0.25) is 0 Å². The van der Waals surface area contributed by atoms with E-state index in [1.807, 2.05) is 66.7 Å². The number of nitriles is 1. The van der Waals surface area contributed by atoms with Gasteiger partial charge in [0.05, 0.1) is 12.7 Å². The summed E-state index contributed by atoms with van der Waals surface area (Å²) < 4.78 is 17.0. The lowest BCUT2D eigenvalue weighted by Crippen LogP contribution is -2.23. The average molecular weight is 397 g/mol. The van der Waals surface area contributed by atoms with Crippen molar-refractivity contribution < 1.29 is 19.0 Å². The molecule has 1 heterocycles. The normalized spacial score (nSPS) is 16.3. The van der Waals surface area contributed by atoms with Crippen LogP contribution < -0.4 is 14.2 Å². The van der Waals surface area contributed by atoms with E-state index in [0.29, 0.717) is 28.4 Å². The Morgan fingerprint density at radius 1 is 1.03 bits per heavy atom. The van der Waals surface area contributed by atoms with Gasteiger partial charge in [0, 0.05) is 5.57 Å². The molecule has 30 heavy (non-hydrogen) atoms. The number of fused-ring (bicyclic) bond motifs is 1. The third-order valence-corrected chi connectivity index (χ3v) is 4.83. The van der Waals surface area contributed by atoms with Crippen LogP contribution in [-0.2, 0) is 0 Å². The SMILES string of the molecule is COc1cc(/C=C2/C(=O)c3ccccc3O[C@@H]2c2ccccc2)ccc1OCC#N. The molecule has 0 aliphatic carbocycles. The van der Waals surface area contributed by atoms with E-state index < -0.39 is 6.10 Å². The second-order valence-corrected chi connectivity index (χ2v) is 6.69. The molecule has 3 aromatic rings. The number of carbonyl (C=O) groups excluding carboxylic acids is 1. The zero-order valence-corrected chi connectivity index (χ0v) is 16.4. The Morgan fingerprint density at radius 3 is 2.57 bits per heavy atom. The summed E-state index contributed by atoms with van der Waals surface area (Å²) in [6, 6.07) is 24.2. The Kier molecular flexibility index (Phi) is 5.49. The molecule has 5 nitrogen and oxygen atoms in total. The summed E-state index contributed by atoms with van der Waals surface area (Å²) in [5.74, 6) is 1.46. The maximum atomic E-state index is 13.3. The monoisotopic (exact) mass is 397 g/mol. The first-order chi connectivity index (χ1) is 14.7. The highest BCUT2D eigenvalue weighted by Gasteiger charge is 2.32. The van der Waals surface area contributed by atoms with Gasteiger partial charge in [0.15, 0.2) is 30.0 Å². The number of Topliss-reactive ketones (excluding diaryl/α,β-unsaturated/α-hetero) is 1. The number of ketones is 1. The molecule has 3 aromatic carbocycles. The van der Waals surface area contributed by atoms with Gasteiger partial charge in [-0.05, 0) is 41.5 Å². The van der Waals surface area contributed by atoms with Crippen LogP contribution in [0.15, 0.2) is 78.4 Å². The predicted octanol–water partition coefficient (Wildman–Crippen LogP) is 5.00. The lowest BCUT2D eigenvalue weighted by Gasteiger charge is -2.28. The molecule has 0 radical (unpaired) electrons. The van der Waals surface area contributed by atoms with Crippen LogP contribution in [0.3, 0.4) is 0 Å². The molecule has 5 heteroatoms. The van der Waals surface area contributed by atoms with Gasteiger partial charge in [0.1, 0.15) is 11.8 Å². The second kappa shape index (κ2) is 8.54. The molecule has 1 aliphatic heterocycles. The van der Waals surface area contributed by atoms with E-state index in [1.165, 1.54) is 7.11 Å². The fourth-order valence-corrected chi connectivity index (χ4v) is 3.42. The lowest BCUT2D eigenvalue weighted by molar-refractivity contribution is 0.0963. The minimum atomic E-state index is -0.519. The van der Waals surface area contributed by atoms with Gasteiger partial charge < -0.3 is 14.2 Å². The smallest absolute Gasteiger partial charge is 0.196 e. The molecular formula is C25H19NO4. The summed E-state index contributed by atoms with van der Waals surface area (Å²) >= 11 is 0. The van der Waals surface area contributed by atoms with Crippen LogP contribution in [0.2, 0.25) is 0 Å². The average Bonchev–Trinajstić information content (AvgIpc) is 2.80. The number of methoxy groups -OCH3 is 1. The predicted molar refractivity (Wildman–Crippen MR) is 113 cm³/mol. The van der Waals surface area contributed by atoms with Crippen LogP contribution in [0.5, 0.6) is 17.2 Å². The van der Waals surface area contributed by atoms with Gasteiger partial charge in [-0.15, -0.1) is 0 Å². The van der Waals surface area contributed by atoms with Gasteiger partial charge in [-0.3, -0.25) is 4.79 Å². The summed E-state index contributed by atoms with van der Waals surface area (Å²) in [7, 11) is 1.53. The van der Waals surface area contributed by atoms with Crippen LogP contribution in [0.1, 0.15) is 27.6 Å². The summed E-state index contributed by atoms with van der Waals surface area (Å²) in [4.78, 5) is 13.3. The molecule has 0 aromatic heterocycles. The molecule has 1 atom stereocenters. The van der Waals surface area contributed by atoms with Crippen molar-refractivity contribution in [2.45, 2.75) is 6.10 Å². The molecule has 1 aliphatic rings. The van der Waals surface area contributed by atoms with E-state index in [9.17, 15) is 4.79 Å². The fraction of sp³-hybridized carbons (Fsp3) is 0.120. The zero-order valence-electron chi connectivity index (χ0n) is 16.4. The molecule has 0 unspecified atom stereocenters. The van der Waals surface area contributed by atoms with E-state index in [-0.39, 0.29) is 12.4 Å². The van der Waals surface area contributed by atoms with Crippen molar-refractivity contribution in [1.82, 2.24) is 0 Å². The Bertz CT molecular complexity index is 1150. The van der Waals surface area contributed by atoms with Gasteiger partial charge in [-0.25, -0.2) is 0 Å². The van der Waals surface area contributed by atoms with E-state index in [4.69, 9.17) is 19.5 Å². The molecule has 0 bridgehead atoms. The number of ether oxygens (including phenoxy) is 3. The number of benzene rings is 3. The Morgan fingerprint density at radius 2 is 1.80 bits per heavy atom. The number of hydrogen-bond acceptors (Lipinski definition) is 5. The summed E-state index contributed by atoms with van der Waals surface area (Å²) in [5, 5.41) is 8.73. The van der Waals surface area contributed by atoms with Gasteiger partial charge in [-0.1, -0.05) is 48.5 Å². The van der Waals surface area contributed by atoms with Crippen LogP contribution >= 0.6 is 0 Å². The minimum Gasteiger partial charge on any atom is -0.493 e. The molecular weight excluding hydrogens is 378 g/mol. The fourth-order valence-electron chi connectivity index (χ4n) is 3.42. The third kappa shape index (κ3) is 3.76. The Labute approximate surface area is 174 Å². The molecule has 0 N–H and O–H groups in total. The van der Waals surface area contributed by atoms with Gasteiger partial charge >= 0.3 is 0 Å². The largest absolute Gasteiger partial charge is 0.493 e. The number of nitrogens with zero attached hydrogens (tertiary/aromatic N) is 1. The topological polar surface area (TPSA) is 68.6 Å². The van der Waals surface area contributed by atoms with Gasteiger partial charge in [-0.2, -0.15) is 5.26 Å². The third-order valence-electron chi connectivity index (χ3n) is 4.83. The first-order valence-electron chi connectivity index (χ1n) is 9.46. The molecule has 4 rings (SSSR count). The Hall–Kier alpha value is -4.04. The van der Waals surface area contributed by atoms with Crippen LogP contribution in [0.25, 0.3) is 6.08 Å². The van der Waals surface area contributed by atoms with E-state index in [2.05, 4.69) is 0 Å². The quantitative estimate of drug-likeness (QED) is 0.567. The highest BCUT2D eigenvalue weighted by Crippen LogP contribution is 2.39. The molecule has 148 valence electrons. The van der Waals surface area contributed by atoms with Crippen molar-refractivity contribution in [3.63, 3.8) is 0 Å². The number of hydrogen-bond donors (Lipinski definition) is 0. The van der Waals surface area contributed by atoms with Crippen molar-refractivity contribution in [1.29, 1.82) is 5.26 Å². The first-order valence-corrected chi connectivity index (χ1v) is 9.46. The van der Waals surface area contributed by atoms with E-state index >= 15 is 0 Å². The highest BCUT2D eigenvalue weighted by atomic mass is 16.5. The molecule has 0 spiro atoms. The van der Waals surface area contributed by atoms with E-state index in [1.54, 1.807) is 18.2 Å². The standard InChI is InChI=1S/C25H19NO4/c1-28-23-16-17(11-12-22(23)29-14-13-26)15-20-24(27)19-9-5-6-10-21(19)30-25(20)18-7-3-2-4-8-18/h2-12,15-16,25H,14H2,1H3/b20-15-/t25-/m1/s1. The number of para-hydroxylation sites is 1. The maximum Gasteiger partial charge on any atom is 0.196 e. The summed E-state index contributed by atoms with van der Waals surface area (Å²) in [6.07, 6.45) is 1.29. The minimum absolute atomic E-state index is 0.0734. The maximum absolute atomic E-state index is 13.3. The van der Waals surface area contributed by atoms with Gasteiger partial charge in [0.25, 0.3) is 0 Å². The van der Waals surface area contributed by atoms with Crippen LogP contribution in [0.4, 0.5) is 0 Å². The van der Waals surface area contributed by atoms with Crippen molar-refractivity contribution in [3.8, 4) is 23.3 Å². The van der Waals surface area contributed by atoms with Crippen molar-refractivity contribution in [2.75, 3.05) is 13.7 Å². The number of carbonyl (C=O) groups is 1. The van der Waals surface area contributed by atoms with Crippen LogP contribution in [0, 0.1) is 11.3 Å². The van der Waals surface area contributed by atoms with Crippen molar-refractivity contribution in [3.05, 3.63) is 95.1 Å². The molecule has 0 saturated heterocycles. The summed E-state index contributed by atoms with van der Waals surface area (Å²) in [5.41, 5.74) is 2.74.